The summed E-state index contributed by atoms with van der Waals surface area (Å²) in [7, 11) is 0. The Hall–Kier alpha value is -1.02. The zero-order valence-electron chi connectivity index (χ0n) is 10.4. The Morgan fingerprint density at radius 3 is 2.53 bits per heavy atom. The molecule has 1 fully saturated rings. The van der Waals surface area contributed by atoms with Crippen molar-refractivity contribution in [3.63, 3.8) is 0 Å². The van der Waals surface area contributed by atoms with Crippen LogP contribution in [0.25, 0.3) is 0 Å². The van der Waals surface area contributed by atoms with E-state index in [1.807, 2.05) is 30.5 Å². The summed E-state index contributed by atoms with van der Waals surface area (Å²) in [5.74, 6) is 0. The van der Waals surface area contributed by atoms with E-state index in [0.717, 1.165) is 10.6 Å². The predicted octanol–water partition coefficient (Wildman–Crippen LogP) is 3.94. The van der Waals surface area contributed by atoms with Crippen LogP contribution in [0.4, 0.5) is 0 Å². The lowest BCUT2D eigenvalue weighted by atomic mass is 10.00. The van der Waals surface area contributed by atoms with Gasteiger partial charge in [0.2, 0.25) is 0 Å². The number of hydrogen-bond donors (Lipinski definition) is 0. The number of halogens is 1. The molecule has 1 aromatic carbocycles. The van der Waals surface area contributed by atoms with Crippen molar-refractivity contribution >= 4 is 17.8 Å². The van der Waals surface area contributed by atoms with Crippen LogP contribution in [0.3, 0.4) is 0 Å². The average molecular weight is 251 g/mol. The first-order chi connectivity index (χ1) is 8.18. The maximum Gasteiger partial charge on any atom is 0.0558 e. The molecule has 92 valence electrons. The van der Waals surface area contributed by atoms with Crippen LogP contribution in [0.5, 0.6) is 0 Å². The number of hydrogen-bond acceptors (Lipinski definition) is 2. The van der Waals surface area contributed by atoms with Gasteiger partial charge >= 0.3 is 0 Å². The van der Waals surface area contributed by atoms with Crippen LogP contribution in [0, 0.1) is 0 Å². The zero-order chi connectivity index (χ0) is 12.3. The summed E-state index contributed by atoms with van der Waals surface area (Å²) >= 11 is 6.10. The molecule has 0 unspecified atom stereocenters. The smallest absolute Gasteiger partial charge is 0.0558 e. The van der Waals surface area contributed by atoms with Gasteiger partial charge in [0.25, 0.3) is 0 Å². The van der Waals surface area contributed by atoms with E-state index in [1.165, 1.54) is 19.3 Å². The first-order valence-corrected chi connectivity index (χ1v) is 6.63. The molecule has 1 aliphatic rings. The summed E-state index contributed by atoms with van der Waals surface area (Å²) < 4.78 is 0. The molecule has 0 N–H and O–H groups in total. The molecular formula is C14H19ClN2. The first-order valence-electron chi connectivity index (χ1n) is 6.25. The Bertz CT molecular complexity index is 393. The summed E-state index contributed by atoms with van der Waals surface area (Å²) in [6.45, 7) is 4.47. The highest BCUT2D eigenvalue weighted by atomic mass is 35.5. The minimum atomic E-state index is 0.525. The highest BCUT2D eigenvalue weighted by Gasteiger charge is 2.22. The van der Waals surface area contributed by atoms with Crippen LogP contribution in [0.2, 0.25) is 5.02 Å². The second kappa shape index (κ2) is 5.54. The molecular weight excluding hydrogens is 232 g/mol. The van der Waals surface area contributed by atoms with E-state index < -0.39 is 0 Å². The van der Waals surface area contributed by atoms with E-state index in [9.17, 15) is 0 Å². The molecule has 0 amide bonds. The van der Waals surface area contributed by atoms with Crippen LogP contribution >= 0.6 is 11.6 Å². The topological polar surface area (TPSA) is 15.6 Å². The maximum atomic E-state index is 6.10. The van der Waals surface area contributed by atoms with Crippen molar-refractivity contribution in [3.8, 4) is 0 Å². The van der Waals surface area contributed by atoms with Crippen molar-refractivity contribution in [2.45, 2.75) is 45.2 Å². The van der Waals surface area contributed by atoms with E-state index in [0.29, 0.717) is 12.1 Å². The summed E-state index contributed by atoms with van der Waals surface area (Å²) in [6, 6.07) is 8.86. The van der Waals surface area contributed by atoms with E-state index in [4.69, 9.17) is 11.6 Å². The molecule has 0 aromatic heterocycles. The summed E-state index contributed by atoms with van der Waals surface area (Å²) in [5, 5.41) is 7.56. The number of rotatable bonds is 2. The van der Waals surface area contributed by atoms with Crippen molar-refractivity contribution in [1.82, 2.24) is 5.01 Å². The molecule has 1 heterocycles. The minimum absolute atomic E-state index is 0.525. The molecule has 1 saturated heterocycles. The molecule has 2 rings (SSSR count). The van der Waals surface area contributed by atoms with E-state index >= 15 is 0 Å². The third kappa shape index (κ3) is 3.01. The predicted molar refractivity (Wildman–Crippen MR) is 73.7 cm³/mol. The second-order valence-electron chi connectivity index (χ2n) is 4.78. The van der Waals surface area contributed by atoms with E-state index in [2.05, 4.69) is 24.0 Å². The largest absolute Gasteiger partial charge is 0.292 e. The Balaban J connectivity index is 2.11. The lowest BCUT2D eigenvalue weighted by Crippen LogP contribution is -2.39. The normalized spacial score (nSPS) is 25.5. The lowest BCUT2D eigenvalue weighted by Gasteiger charge is -2.36. The molecule has 0 aliphatic carbocycles. The van der Waals surface area contributed by atoms with Gasteiger partial charge in [0.1, 0.15) is 0 Å². The van der Waals surface area contributed by atoms with E-state index in [-0.39, 0.29) is 0 Å². The fourth-order valence-corrected chi connectivity index (χ4v) is 2.53. The van der Waals surface area contributed by atoms with Gasteiger partial charge in [-0.15, -0.1) is 0 Å². The number of benzene rings is 1. The SMILES string of the molecule is C[C@@H]1CCC[C@@H](C)N1/N=C\c1ccccc1Cl. The van der Waals surface area contributed by atoms with Gasteiger partial charge in [-0.2, -0.15) is 5.10 Å². The van der Waals surface area contributed by atoms with Crippen LogP contribution < -0.4 is 0 Å². The van der Waals surface area contributed by atoms with Crippen molar-refractivity contribution in [2.24, 2.45) is 5.10 Å². The van der Waals surface area contributed by atoms with Gasteiger partial charge in [-0.25, -0.2) is 0 Å². The summed E-state index contributed by atoms with van der Waals surface area (Å²) in [4.78, 5) is 0. The average Bonchev–Trinajstić information content (AvgIpc) is 2.30. The monoisotopic (exact) mass is 250 g/mol. The van der Waals surface area contributed by atoms with Crippen LogP contribution in [0.1, 0.15) is 38.7 Å². The van der Waals surface area contributed by atoms with Gasteiger partial charge in [0.15, 0.2) is 0 Å². The molecule has 2 nitrogen and oxygen atoms in total. The number of hydrazone groups is 1. The van der Waals surface area contributed by atoms with Crippen molar-refractivity contribution < 1.29 is 0 Å². The van der Waals surface area contributed by atoms with Crippen molar-refractivity contribution in [2.75, 3.05) is 0 Å². The lowest BCUT2D eigenvalue weighted by molar-refractivity contribution is 0.109. The molecule has 17 heavy (non-hydrogen) atoms. The van der Waals surface area contributed by atoms with Gasteiger partial charge in [-0.3, -0.25) is 5.01 Å². The van der Waals surface area contributed by atoms with Gasteiger partial charge in [-0.1, -0.05) is 29.8 Å². The summed E-state index contributed by atoms with van der Waals surface area (Å²) in [5.41, 5.74) is 0.985. The molecule has 2 atom stereocenters. The van der Waals surface area contributed by atoms with Crippen LogP contribution in [-0.2, 0) is 0 Å². The van der Waals surface area contributed by atoms with Gasteiger partial charge < -0.3 is 0 Å². The van der Waals surface area contributed by atoms with Gasteiger partial charge in [0.05, 0.1) is 6.21 Å². The molecule has 1 aliphatic heterocycles. The molecule has 1 aromatic rings. The second-order valence-corrected chi connectivity index (χ2v) is 5.18. The van der Waals surface area contributed by atoms with Crippen molar-refractivity contribution in [3.05, 3.63) is 34.9 Å². The standard InChI is InChI=1S/C14H19ClN2/c1-11-6-5-7-12(2)17(11)16-10-13-8-3-4-9-14(13)15/h3-4,8-12H,5-7H2,1-2H3/b16-10-/t11-,12-/m1/s1. The fraction of sp³-hybridized carbons (Fsp3) is 0.500. The molecule has 0 saturated carbocycles. The zero-order valence-corrected chi connectivity index (χ0v) is 11.2. The molecule has 0 radical (unpaired) electrons. The van der Waals surface area contributed by atoms with Crippen LogP contribution in [-0.4, -0.2) is 23.3 Å². The van der Waals surface area contributed by atoms with E-state index in [1.54, 1.807) is 0 Å². The third-order valence-corrected chi connectivity index (χ3v) is 3.73. The van der Waals surface area contributed by atoms with Crippen molar-refractivity contribution in [1.29, 1.82) is 0 Å². The highest BCUT2D eigenvalue weighted by Crippen LogP contribution is 2.23. The highest BCUT2D eigenvalue weighted by molar-refractivity contribution is 6.33. The Morgan fingerprint density at radius 1 is 1.24 bits per heavy atom. The third-order valence-electron chi connectivity index (χ3n) is 3.38. The maximum absolute atomic E-state index is 6.10. The molecule has 0 spiro atoms. The summed E-state index contributed by atoms with van der Waals surface area (Å²) in [6.07, 6.45) is 5.63. The molecule has 3 heteroatoms. The Morgan fingerprint density at radius 2 is 1.88 bits per heavy atom. The van der Waals surface area contributed by atoms with Gasteiger partial charge in [-0.05, 0) is 39.2 Å². The number of piperidine rings is 1. The Labute approximate surface area is 108 Å². The van der Waals surface area contributed by atoms with Gasteiger partial charge in [0, 0.05) is 22.7 Å². The molecule has 0 bridgehead atoms. The first kappa shape index (κ1) is 12.4. The quantitative estimate of drug-likeness (QED) is 0.726. The minimum Gasteiger partial charge on any atom is -0.292 e. The fourth-order valence-electron chi connectivity index (χ4n) is 2.34. The van der Waals surface area contributed by atoms with Crippen LogP contribution in [0.15, 0.2) is 29.4 Å². The Kier molecular flexibility index (Phi) is 4.06. The number of nitrogens with zero attached hydrogens (tertiary/aromatic N) is 2.